The number of rotatable bonds is 8. The zero-order valence-corrected chi connectivity index (χ0v) is 13.7. The van der Waals surface area contributed by atoms with Crippen molar-refractivity contribution < 1.29 is 13.2 Å². The number of benzene rings is 1. The number of hydrogen-bond acceptors (Lipinski definition) is 4. The van der Waals surface area contributed by atoms with Gasteiger partial charge in [-0.1, -0.05) is 18.2 Å². The Hall–Kier alpha value is -2.19. The molecule has 0 radical (unpaired) electrons. The lowest BCUT2D eigenvalue weighted by Crippen LogP contribution is -2.45. The maximum atomic E-state index is 12.1. The van der Waals surface area contributed by atoms with Crippen molar-refractivity contribution in [2.75, 3.05) is 6.54 Å². The standard InChI is InChI=1S/C15H20N4O3S/c1-13(18-23(21,22)14-6-3-2-4-7-14)15(20)17-8-5-10-19-11-9-16-12-19/h2-4,6-7,9,11-13,18H,5,8,10H2,1H3,(H,17,20)/t13-/m0/s1. The van der Waals surface area contributed by atoms with Gasteiger partial charge in [0, 0.05) is 25.5 Å². The highest BCUT2D eigenvalue weighted by Gasteiger charge is 2.21. The van der Waals surface area contributed by atoms with Crippen molar-refractivity contribution >= 4 is 15.9 Å². The topological polar surface area (TPSA) is 93.1 Å². The van der Waals surface area contributed by atoms with Crippen molar-refractivity contribution in [2.24, 2.45) is 0 Å². The molecule has 1 atom stereocenters. The fraction of sp³-hybridized carbons (Fsp3) is 0.333. The molecule has 1 aromatic heterocycles. The molecule has 7 nitrogen and oxygen atoms in total. The van der Waals surface area contributed by atoms with E-state index >= 15 is 0 Å². The van der Waals surface area contributed by atoms with Crippen LogP contribution >= 0.6 is 0 Å². The molecule has 1 aromatic carbocycles. The number of carbonyl (C=O) groups is 1. The fourth-order valence-electron chi connectivity index (χ4n) is 2.00. The molecule has 0 saturated heterocycles. The van der Waals surface area contributed by atoms with Gasteiger partial charge in [0.2, 0.25) is 15.9 Å². The molecule has 0 fully saturated rings. The van der Waals surface area contributed by atoms with E-state index in [0.717, 1.165) is 13.0 Å². The molecule has 1 amide bonds. The van der Waals surface area contributed by atoms with Crippen LogP contribution in [0.15, 0.2) is 53.9 Å². The van der Waals surface area contributed by atoms with E-state index in [4.69, 9.17) is 0 Å². The minimum atomic E-state index is -3.69. The minimum absolute atomic E-state index is 0.139. The van der Waals surface area contributed by atoms with Crippen LogP contribution in [0.1, 0.15) is 13.3 Å². The monoisotopic (exact) mass is 336 g/mol. The second-order valence-corrected chi connectivity index (χ2v) is 6.82. The van der Waals surface area contributed by atoms with E-state index in [1.165, 1.54) is 19.1 Å². The molecule has 0 aliphatic heterocycles. The Labute approximate surface area is 135 Å². The van der Waals surface area contributed by atoms with Gasteiger partial charge in [-0.15, -0.1) is 0 Å². The third-order valence-electron chi connectivity index (χ3n) is 3.23. The van der Waals surface area contributed by atoms with Crippen molar-refractivity contribution in [3.05, 3.63) is 49.1 Å². The summed E-state index contributed by atoms with van der Waals surface area (Å²) in [5.41, 5.74) is 0. The maximum absolute atomic E-state index is 12.1. The van der Waals surface area contributed by atoms with Gasteiger partial charge in [0.1, 0.15) is 0 Å². The third kappa shape index (κ3) is 5.19. The highest BCUT2D eigenvalue weighted by Crippen LogP contribution is 2.07. The van der Waals surface area contributed by atoms with Gasteiger partial charge in [-0.2, -0.15) is 4.72 Å². The largest absolute Gasteiger partial charge is 0.355 e. The molecule has 23 heavy (non-hydrogen) atoms. The molecule has 8 heteroatoms. The van der Waals surface area contributed by atoms with Gasteiger partial charge < -0.3 is 9.88 Å². The van der Waals surface area contributed by atoms with Crippen LogP contribution in [-0.2, 0) is 21.4 Å². The number of sulfonamides is 1. The van der Waals surface area contributed by atoms with Gasteiger partial charge in [-0.25, -0.2) is 13.4 Å². The molecule has 2 rings (SSSR count). The number of carbonyl (C=O) groups excluding carboxylic acids is 1. The SMILES string of the molecule is C[C@H](NS(=O)(=O)c1ccccc1)C(=O)NCCCn1ccnc1. The number of nitrogens with zero attached hydrogens (tertiary/aromatic N) is 2. The van der Waals surface area contributed by atoms with Crippen molar-refractivity contribution in [3.8, 4) is 0 Å². The molecule has 0 saturated carbocycles. The molecule has 1 heterocycles. The lowest BCUT2D eigenvalue weighted by atomic mass is 10.3. The van der Waals surface area contributed by atoms with Crippen molar-refractivity contribution in [1.29, 1.82) is 0 Å². The molecular formula is C15H20N4O3S. The predicted octanol–water partition coefficient (Wildman–Crippen LogP) is 0.756. The summed E-state index contributed by atoms with van der Waals surface area (Å²) in [5.74, 6) is -0.352. The van der Waals surface area contributed by atoms with Crippen LogP contribution in [-0.4, -0.2) is 36.5 Å². The van der Waals surface area contributed by atoms with Crippen LogP contribution in [0.5, 0.6) is 0 Å². The van der Waals surface area contributed by atoms with E-state index in [2.05, 4.69) is 15.0 Å². The third-order valence-corrected chi connectivity index (χ3v) is 4.79. The van der Waals surface area contributed by atoms with Crippen LogP contribution in [0.2, 0.25) is 0 Å². The highest BCUT2D eigenvalue weighted by molar-refractivity contribution is 7.89. The second kappa shape index (κ2) is 7.89. The van der Waals surface area contributed by atoms with E-state index in [1.807, 2.05) is 10.8 Å². The number of amides is 1. The van der Waals surface area contributed by atoms with Crippen LogP contribution in [0, 0.1) is 0 Å². The van der Waals surface area contributed by atoms with Crippen molar-refractivity contribution in [2.45, 2.75) is 30.8 Å². The number of aryl methyl sites for hydroxylation is 1. The molecule has 0 unspecified atom stereocenters. The Bertz CT molecular complexity index is 714. The molecule has 0 bridgehead atoms. The normalized spacial score (nSPS) is 12.7. The van der Waals surface area contributed by atoms with Crippen LogP contribution in [0.4, 0.5) is 0 Å². The summed E-state index contributed by atoms with van der Waals surface area (Å²) in [4.78, 5) is 16.0. The van der Waals surface area contributed by atoms with Gasteiger partial charge in [0.25, 0.3) is 0 Å². The zero-order chi connectivity index (χ0) is 16.7. The van der Waals surface area contributed by atoms with Crippen molar-refractivity contribution in [1.82, 2.24) is 19.6 Å². The predicted molar refractivity (Wildman–Crippen MR) is 86.1 cm³/mol. The number of hydrogen-bond donors (Lipinski definition) is 2. The number of nitrogens with one attached hydrogen (secondary N) is 2. The molecule has 124 valence electrons. The first kappa shape index (κ1) is 17.2. The van der Waals surface area contributed by atoms with Crippen LogP contribution < -0.4 is 10.0 Å². The Kier molecular flexibility index (Phi) is 5.89. The number of imidazole rings is 1. The van der Waals surface area contributed by atoms with E-state index in [1.54, 1.807) is 30.7 Å². The lowest BCUT2D eigenvalue weighted by Gasteiger charge is -2.14. The van der Waals surface area contributed by atoms with Gasteiger partial charge in [0.15, 0.2) is 0 Å². The Morgan fingerprint density at radius 1 is 1.30 bits per heavy atom. The second-order valence-electron chi connectivity index (χ2n) is 5.10. The van der Waals surface area contributed by atoms with E-state index in [0.29, 0.717) is 6.54 Å². The first-order valence-electron chi connectivity index (χ1n) is 7.30. The van der Waals surface area contributed by atoms with E-state index in [9.17, 15) is 13.2 Å². The highest BCUT2D eigenvalue weighted by atomic mass is 32.2. The first-order chi connectivity index (χ1) is 11.0. The number of aromatic nitrogens is 2. The first-order valence-corrected chi connectivity index (χ1v) is 8.78. The van der Waals surface area contributed by atoms with Gasteiger partial charge in [-0.3, -0.25) is 4.79 Å². The average Bonchev–Trinajstić information content (AvgIpc) is 3.05. The quantitative estimate of drug-likeness (QED) is 0.696. The molecule has 0 aliphatic carbocycles. The summed E-state index contributed by atoms with van der Waals surface area (Å²) in [6.07, 6.45) is 5.98. The molecule has 2 aromatic rings. The Morgan fingerprint density at radius 2 is 2.04 bits per heavy atom. The van der Waals surface area contributed by atoms with Crippen LogP contribution in [0.25, 0.3) is 0 Å². The smallest absolute Gasteiger partial charge is 0.241 e. The molecular weight excluding hydrogens is 316 g/mol. The van der Waals surface area contributed by atoms with Crippen molar-refractivity contribution in [3.63, 3.8) is 0 Å². The molecule has 2 N–H and O–H groups in total. The zero-order valence-electron chi connectivity index (χ0n) is 12.8. The average molecular weight is 336 g/mol. The van der Waals surface area contributed by atoms with E-state index in [-0.39, 0.29) is 10.8 Å². The summed E-state index contributed by atoms with van der Waals surface area (Å²) in [7, 11) is -3.69. The lowest BCUT2D eigenvalue weighted by molar-refractivity contribution is -0.122. The molecule has 0 aliphatic rings. The summed E-state index contributed by atoms with van der Waals surface area (Å²) in [6, 6.07) is 7.13. The minimum Gasteiger partial charge on any atom is -0.355 e. The summed E-state index contributed by atoms with van der Waals surface area (Å²) >= 11 is 0. The van der Waals surface area contributed by atoms with Gasteiger partial charge >= 0.3 is 0 Å². The van der Waals surface area contributed by atoms with E-state index < -0.39 is 16.1 Å². The maximum Gasteiger partial charge on any atom is 0.241 e. The van der Waals surface area contributed by atoms with Gasteiger partial charge in [0.05, 0.1) is 17.3 Å². The summed E-state index contributed by atoms with van der Waals surface area (Å²) in [6.45, 7) is 2.73. The van der Waals surface area contributed by atoms with Crippen LogP contribution in [0.3, 0.4) is 0 Å². The molecule has 0 spiro atoms. The Morgan fingerprint density at radius 3 is 2.70 bits per heavy atom. The summed E-state index contributed by atoms with van der Waals surface area (Å²) in [5, 5.41) is 2.72. The summed E-state index contributed by atoms with van der Waals surface area (Å²) < 4.78 is 28.5. The Balaban J connectivity index is 1.78. The van der Waals surface area contributed by atoms with Gasteiger partial charge in [-0.05, 0) is 25.5 Å². The fourth-order valence-corrected chi connectivity index (χ4v) is 3.22.